The van der Waals surface area contributed by atoms with Crippen LogP contribution in [-0.4, -0.2) is 34.7 Å². The number of nitrogens with zero attached hydrogens (tertiary/aromatic N) is 5. The van der Waals surface area contributed by atoms with E-state index in [0.29, 0.717) is 17.5 Å². The fourth-order valence-corrected chi connectivity index (χ4v) is 3.18. The van der Waals surface area contributed by atoms with Gasteiger partial charge in [0.05, 0.1) is 41.6 Å². The molecule has 1 unspecified atom stereocenters. The monoisotopic (exact) mass is 496 g/mol. The van der Waals surface area contributed by atoms with Crippen molar-refractivity contribution >= 4 is 28.9 Å². The van der Waals surface area contributed by atoms with Crippen LogP contribution in [0.1, 0.15) is 23.9 Å². The third kappa shape index (κ3) is 5.86. The van der Waals surface area contributed by atoms with Crippen LogP contribution in [0.15, 0.2) is 45.7 Å². The molecule has 4 N–H and O–H groups in total. The van der Waals surface area contributed by atoms with Crippen LogP contribution in [0.4, 0.5) is 32.2 Å². The van der Waals surface area contributed by atoms with E-state index in [4.69, 9.17) is 11.0 Å². The second-order valence-electron chi connectivity index (χ2n) is 7.36. The van der Waals surface area contributed by atoms with E-state index in [-0.39, 0.29) is 30.1 Å². The lowest BCUT2D eigenvalue weighted by Crippen LogP contribution is -2.28. The van der Waals surface area contributed by atoms with Gasteiger partial charge in [-0.05, 0) is 38.1 Å². The molecule has 0 amide bonds. The number of benzene rings is 1. The Labute approximate surface area is 195 Å². The zero-order chi connectivity index (χ0) is 26.0. The van der Waals surface area contributed by atoms with E-state index >= 15 is 0 Å². The van der Waals surface area contributed by atoms with Gasteiger partial charge in [-0.15, -0.1) is 0 Å². The first-order valence-corrected chi connectivity index (χ1v) is 9.94. The smallest absolute Gasteiger partial charge is 0.390 e. The number of hydrogen-bond donors (Lipinski definition) is 3. The van der Waals surface area contributed by atoms with Crippen molar-refractivity contribution in [1.82, 2.24) is 15.3 Å². The number of aliphatic imine (C=N–C) groups is 2. The number of fused-ring (bicyclic) bond motifs is 1. The fourth-order valence-electron chi connectivity index (χ4n) is 3.18. The van der Waals surface area contributed by atoms with Crippen molar-refractivity contribution < 1.29 is 26.3 Å². The number of aromatic nitrogens is 2. The molecule has 2 heterocycles. The molecular weight excluding hydrogens is 478 g/mol. The fraction of sp³-hybridized carbons (Fsp3) is 0.286. The average molecular weight is 496 g/mol. The van der Waals surface area contributed by atoms with Gasteiger partial charge in [-0.1, -0.05) is 0 Å². The van der Waals surface area contributed by atoms with Crippen molar-refractivity contribution in [3.05, 3.63) is 52.6 Å². The van der Waals surface area contributed by atoms with Crippen molar-refractivity contribution in [3.63, 3.8) is 0 Å². The van der Waals surface area contributed by atoms with Gasteiger partial charge in [0.1, 0.15) is 17.5 Å². The lowest BCUT2D eigenvalue weighted by Gasteiger charge is -2.20. The summed E-state index contributed by atoms with van der Waals surface area (Å²) in [4.78, 5) is 16.0. The maximum Gasteiger partial charge on any atom is 0.418 e. The predicted octanol–water partition coefficient (Wildman–Crippen LogP) is 4.06. The van der Waals surface area contributed by atoms with E-state index in [1.165, 1.54) is 26.0 Å². The van der Waals surface area contributed by atoms with E-state index in [2.05, 4.69) is 30.6 Å². The first-order chi connectivity index (χ1) is 16.3. The highest BCUT2D eigenvalue weighted by molar-refractivity contribution is 5.98. The summed E-state index contributed by atoms with van der Waals surface area (Å²) in [5.41, 5.74) is 2.14. The molecule has 184 valence electrons. The molecule has 0 spiro atoms. The van der Waals surface area contributed by atoms with E-state index in [0.717, 1.165) is 6.34 Å². The zero-order valence-electron chi connectivity index (χ0n) is 18.3. The minimum atomic E-state index is -5.09. The summed E-state index contributed by atoms with van der Waals surface area (Å²) in [6.45, 7) is 3.05. The summed E-state index contributed by atoms with van der Waals surface area (Å²) in [5.74, 6) is 0.00560. The summed E-state index contributed by atoms with van der Waals surface area (Å²) in [6.07, 6.45) is -6.14. The number of anilines is 1. The number of hydrogen-bond acceptors (Lipinski definition) is 6. The Hall–Kier alpha value is -4.15. The van der Waals surface area contributed by atoms with Gasteiger partial charge in [0.25, 0.3) is 0 Å². The molecule has 1 aliphatic heterocycles. The van der Waals surface area contributed by atoms with Crippen LogP contribution < -0.4 is 16.4 Å². The number of nitrogens with one attached hydrogen (secondary N) is 2. The van der Waals surface area contributed by atoms with Crippen molar-refractivity contribution in [2.75, 3.05) is 11.9 Å². The van der Waals surface area contributed by atoms with Crippen LogP contribution >= 0.6 is 0 Å². The molecule has 35 heavy (non-hydrogen) atoms. The number of aryl methyl sites for hydroxylation is 1. The molecule has 8 nitrogen and oxygen atoms in total. The summed E-state index contributed by atoms with van der Waals surface area (Å²) in [7, 11) is 0. The number of nitriles is 1. The van der Waals surface area contributed by atoms with Crippen LogP contribution in [0.2, 0.25) is 0 Å². The molecule has 0 bridgehead atoms. The Bertz CT molecular complexity index is 1300. The van der Waals surface area contributed by atoms with Crippen LogP contribution in [0, 0.1) is 18.3 Å². The highest BCUT2D eigenvalue weighted by Crippen LogP contribution is 2.40. The van der Waals surface area contributed by atoms with Crippen LogP contribution in [-0.2, 0) is 12.4 Å². The Morgan fingerprint density at radius 2 is 1.91 bits per heavy atom. The van der Waals surface area contributed by atoms with Gasteiger partial charge in [0, 0.05) is 11.0 Å². The van der Waals surface area contributed by atoms with Crippen LogP contribution in [0.5, 0.6) is 0 Å². The maximum absolute atomic E-state index is 13.6. The number of allylic oxidation sites excluding steroid dienone is 2. The molecule has 0 saturated carbocycles. The zero-order valence-corrected chi connectivity index (χ0v) is 18.3. The lowest BCUT2D eigenvalue weighted by atomic mass is 10.0. The van der Waals surface area contributed by atoms with E-state index < -0.39 is 40.4 Å². The quantitative estimate of drug-likeness (QED) is 0.333. The normalized spacial score (nSPS) is 15.9. The van der Waals surface area contributed by atoms with Crippen LogP contribution in [0.3, 0.4) is 0 Å². The number of rotatable bonds is 4. The number of dihydropyridines is 1. The standard InChI is InChI=1S/C21H18F6N8/c1-10(18(31-9-29)35-16-4-3-12(7-28)8-30-16)32-19-14-5-13(20(22,23)24)6-15(21(25,26)27)17(14)33-11(2)34-19/h3-6,9-10,30H,8H2,1-2H3,(H2,29,31,35)(H,32,33,34). The Balaban J connectivity index is 2.12. The molecule has 0 radical (unpaired) electrons. The summed E-state index contributed by atoms with van der Waals surface area (Å²) in [5, 5.41) is 14.1. The van der Waals surface area contributed by atoms with E-state index in [1.54, 1.807) is 0 Å². The van der Waals surface area contributed by atoms with Crippen LogP contribution in [0.25, 0.3) is 10.9 Å². The summed E-state index contributed by atoms with van der Waals surface area (Å²) >= 11 is 0. The first kappa shape index (κ1) is 25.5. The molecular formula is C21H18F6N8. The maximum atomic E-state index is 13.6. The van der Waals surface area contributed by atoms with Crippen molar-refractivity contribution in [3.8, 4) is 6.07 Å². The Morgan fingerprint density at radius 3 is 2.46 bits per heavy atom. The number of nitrogens with two attached hydrogens (primary N) is 1. The minimum Gasteiger partial charge on any atom is -0.390 e. The SMILES string of the molecule is Cc1nc(NC(C)C(N=CN)=NC2=CC=C(C#N)CN2)c2cc(C(F)(F)F)cc(C(F)(F)F)c2n1. The Morgan fingerprint density at radius 1 is 1.20 bits per heavy atom. The van der Waals surface area contributed by atoms with Gasteiger partial charge in [-0.3, -0.25) is 0 Å². The number of alkyl halides is 6. The molecule has 0 fully saturated rings. The van der Waals surface area contributed by atoms with Gasteiger partial charge in [0.15, 0.2) is 5.84 Å². The van der Waals surface area contributed by atoms with Gasteiger partial charge in [-0.25, -0.2) is 20.0 Å². The number of halogens is 6. The molecule has 1 aliphatic rings. The highest BCUT2D eigenvalue weighted by Gasteiger charge is 2.39. The average Bonchev–Trinajstić information content (AvgIpc) is 2.77. The van der Waals surface area contributed by atoms with Crippen molar-refractivity contribution in [2.24, 2.45) is 15.7 Å². The third-order valence-electron chi connectivity index (χ3n) is 4.77. The van der Waals surface area contributed by atoms with Gasteiger partial charge in [-0.2, -0.15) is 31.6 Å². The first-order valence-electron chi connectivity index (χ1n) is 9.94. The molecule has 14 heteroatoms. The number of amidine groups is 1. The van der Waals surface area contributed by atoms with Gasteiger partial charge < -0.3 is 16.4 Å². The molecule has 0 aliphatic carbocycles. The van der Waals surface area contributed by atoms with Crippen molar-refractivity contribution in [1.29, 1.82) is 5.26 Å². The van der Waals surface area contributed by atoms with Gasteiger partial charge >= 0.3 is 12.4 Å². The molecule has 2 aromatic rings. The Kier molecular flexibility index (Phi) is 6.99. The predicted molar refractivity (Wildman–Crippen MR) is 117 cm³/mol. The highest BCUT2D eigenvalue weighted by atomic mass is 19.4. The van der Waals surface area contributed by atoms with E-state index in [1.807, 2.05) is 6.07 Å². The van der Waals surface area contributed by atoms with Crippen molar-refractivity contribution in [2.45, 2.75) is 32.2 Å². The van der Waals surface area contributed by atoms with E-state index in [9.17, 15) is 26.3 Å². The minimum absolute atomic E-state index is 0.0256. The molecule has 1 aromatic carbocycles. The molecule has 3 rings (SSSR count). The molecule has 1 atom stereocenters. The summed E-state index contributed by atoms with van der Waals surface area (Å²) < 4.78 is 81.0. The van der Waals surface area contributed by atoms with Gasteiger partial charge in [0.2, 0.25) is 0 Å². The molecule has 0 saturated heterocycles. The topological polar surface area (TPSA) is 124 Å². The second kappa shape index (κ2) is 9.61. The third-order valence-corrected chi connectivity index (χ3v) is 4.77. The largest absolute Gasteiger partial charge is 0.418 e. The molecule has 1 aromatic heterocycles. The lowest BCUT2D eigenvalue weighted by molar-refractivity contribution is -0.142. The summed E-state index contributed by atoms with van der Waals surface area (Å²) in [6, 6.07) is 1.70. The second-order valence-corrected chi connectivity index (χ2v) is 7.36.